The second-order valence-corrected chi connectivity index (χ2v) is 4.92. The van der Waals surface area contributed by atoms with Crippen LogP contribution >= 0.6 is 0 Å². The van der Waals surface area contributed by atoms with Crippen LogP contribution in [0.4, 0.5) is 4.39 Å². The predicted octanol–water partition coefficient (Wildman–Crippen LogP) is 2.94. The molecular formula is C14H18FNO. The molecule has 1 aromatic rings. The van der Waals surface area contributed by atoms with E-state index in [1.54, 1.807) is 12.1 Å². The van der Waals surface area contributed by atoms with Crippen LogP contribution < -0.4 is 0 Å². The van der Waals surface area contributed by atoms with E-state index in [2.05, 4.69) is 0 Å². The maximum Gasteiger partial charge on any atom is 0.223 e. The minimum Gasteiger partial charge on any atom is -0.340 e. The molecular weight excluding hydrogens is 217 g/mol. The van der Waals surface area contributed by atoms with Crippen molar-refractivity contribution in [3.63, 3.8) is 0 Å². The number of hydrogen-bond donors (Lipinski definition) is 0. The molecule has 1 saturated heterocycles. The Bertz CT molecular complexity index is 399. The Morgan fingerprint density at radius 3 is 2.47 bits per heavy atom. The van der Waals surface area contributed by atoms with Gasteiger partial charge < -0.3 is 4.90 Å². The van der Waals surface area contributed by atoms with Crippen LogP contribution in [0.1, 0.15) is 38.2 Å². The van der Waals surface area contributed by atoms with Gasteiger partial charge >= 0.3 is 0 Å². The SMILES string of the molecule is CC(C)N1CCC(c2ccc(F)cc2)CC1=O. The van der Waals surface area contributed by atoms with Crippen molar-refractivity contribution in [1.82, 2.24) is 4.90 Å². The van der Waals surface area contributed by atoms with Crippen LogP contribution in [-0.4, -0.2) is 23.4 Å². The van der Waals surface area contributed by atoms with Crippen LogP contribution in [-0.2, 0) is 4.79 Å². The quantitative estimate of drug-likeness (QED) is 0.771. The van der Waals surface area contributed by atoms with Crippen molar-refractivity contribution >= 4 is 5.91 Å². The van der Waals surface area contributed by atoms with E-state index in [1.165, 1.54) is 12.1 Å². The highest BCUT2D eigenvalue weighted by Crippen LogP contribution is 2.29. The molecule has 0 bridgehead atoms. The summed E-state index contributed by atoms with van der Waals surface area (Å²) in [6.45, 7) is 4.88. The summed E-state index contributed by atoms with van der Waals surface area (Å²) in [5.74, 6) is 0.235. The molecule has 0 aliphatic carbocycles. The monoisotopic (exact) mass is 235 g/mol. The zero-order valence-corrected chi connectivity index (χ0v) is 10.3. The van der Waals surface area contributed by atoms with Crippen molar-refractivity contribution in [3.8, 4) is 0 Å². The van der Waals surface area contributed by atoms with E-state index >= 15 is 0 Å². The van der Waals surface area contributed by atoms with E-state index in [9.17, 15) is 9.18 Å². The van der Waals surface area contributed by atoms with Crippen molar-refractivity contribution in [1.29, 1.82) is 0 Å². The van der Waals surface area contributed by atoms with Gasteiger partial charge in [-0.25, -0.2) is 4.39 Å². The average molecular weight is 235 g/mol. The number of amides is 1. The summed E-state index contributed by atoms with van der Waals surface area (Å²) < 4.78 is 12.8. The fourth-order valence-corrected chi connectivity index (χ4v) is 2.42. The van der Waals surface area contributed by atoms with Crippen LogP contribution in [0.15, 0.2) is 24.3 Å². The number of carbonyl (C=O) groups excluding carboxylic acids is 1. The Morgan fingerprint density at radius 2 is 1.94 bits per heavy atom. The van der Waals surface area contributed by atoms with Crippen LogP contribution in [0.25, 0.3) is 0 Å². The zero-order chi connectivity index (χ0) is 12.4. The first-order valence-electron chi connectivity index (χ1n) is 6.13. The van der Waals surface area contributed by atoms with Gasteiger partial charge in [0.1, 0.15) is 5.82 Å². The average Bonchev–Trinajstić information content (AvgIpc) is 2.29. The molecule has 1 aliphatic heterocycles. The van der Waals surface area contributed by atoms with E-state index in [4.69, 9.17) is 0 Å². The molecule has 0 N–H and O–H groups in total. The lowest BCUT2D eigenvalue weighted by Crippen LogP contribution is -2.42. The lowest BCUT2D eigenvalue weighted by Gasteiger charge is -2.34. The Labute approximate surface area is 101 Å². The molecule has 2 nitrogen and oxygen atoms in total. The van der Waals surface area contributed by atoms with Crippen LogP contribution in [0.2, 0.25) is 0 Å². The first kappa shape index (κ1) is 12.1. The van der Waals surface area contributed by atoms with Gasteiger partial charge in [0.15, 0.2) is 0 Å². The second kappa shape index (κ2) is 4.86. The second-order valence-electron chi connectivity index (χ2n) is 4.92. The molecule has 0 aromatic heterocycles. The summed E-state index contributed by atoms with van der Waals surface area (Å²) in [5, 5.41) is 0. The number of piperidine rings is 1. The highest BCUT2D eigenvalue weighted by molar-refractivity contribution is 5.78. The Hall–Kier alpha value is -1.38. The summed E-state index contributed by atoms with van der Waals surface area (Å²) in [5.41, 5.74) is 1.07. The fraction of sp³-hybridized carbons (Fsp3) is 0.500. The molecule has 0 saturated carbocycles. The Kier molecular flexibility index (Phi) is 3.46. The molecule has 17 heavy (non-hydrogen) atoms. The Balaban J connectivity index is 2.07. The number of carbonyl (C=O) groups is 1. The summed E-state index contributed by atoms with van der Waals surface area (Å²) >= 11 is 0. The van der Waals surface area contributed by atoms with E-state index in [0.717, 1.165) is 18.5 Å². The fourth-order valence-electron chi connectivity index (χ4n) is 2.42. The maximum atomic E-state index is 12.8. The lowest BCUT2D eigenvalue weighted by atomic mass is 9.88. The molecule has 1 aliphatic rings. The van der Waals surface area contributed by atoms with Gasteiger partial charge in [0.2, 0.25) is 5.91 Å². The molecule has 2 rings (SSSR count). The van der Waals surface area contributed by atoms with Gasteiger partial charge in [0.05, 0.1) is 0 Å². The van der Waals surface area contributed by atoms with Crippen molar-refractivity contribution < 1.29 is 9.18 Å². The van der Waals surface area contributed by atoms with Gasteiger partial charge in [-0.05, 0) is 43.9 Å². The predicted molar refractivity (Wildman–Crippen MR) is 65.2 cm³/mol. The van der Waals surface area contributed by atoms with Crippen molar-refractivity contribution in [2.24, 2.45) is 0 Å². The smallest absolute Gasteiger partial charge is 0.223 e. The van der Waals surface area contributed by atoms with E-state index in [1.807, 2.05) is 18.7 Å². The molecule has 1 unspecified atom stereocenters. The molecule has 3 heteroatoms. The first-order chi connectivity index (χ1) is 8.08. The summed E-state index contributed by atoms with van der Waals surface area (Å²) in [4.78, 5) is 13.9. The molecule has 1 atom stereocenters. The molecule has 1 fully saturated rings. The normalized spacial score (nSPS) is 21.1. The molecule has 1 amide bonds. The molecule has 0 radical (unpaired) electrons. The Morgan fingerprint density at radius 1 is 1.29 bits per heavy atom. The summed E-state index contributed by atoms with van der Waals surface area (Å²) in [7, 11) is 0. The third kappa shape index (κ3) is 2.65. The molecule has 92 valence electrons. The standard InChI is InChI=1S/C14H18FNO/c1-10(2)16-8-7-12(9-14(16)17)11-3-5-13(15)6-4-11/h3-6,10,12H,7-9H2,1-2H3. The third-order valence-corrected chi connectivity index (χ3v) is 3.42. The maximum absolute atomic E-state index is 12.8. The lowest BCUT2D eigenvalue weighted by molar-refractivity contribution is -0.135. The highest BCUT2D eigenvalue weighted by atomic mass is 19.1. The van der Waals surface area contributed by atoms with Crippen LogP contribution in [0.3, 0.4) is 0 Å². The van der Waals surface area contributed by atoms with Crippen molar-refractivity contribution in [3.05, 3.63) is 35.6 Å². The third-order valence-electron chi connectivity index (χ3n) is 3.42. The van der Waals surface area contributed by atoms with E-state index in [0.29, 0.717) is 6.42 Å². The minimum absolute atomic E-state index is 0.209. The molecule has 1 heterocycles. The van der Waals surface area contributed by atoms with Gasteiger partial charge in [-0.15, -0.1) is 0 Å². The number of hydrogen-bond acceptors (Lipinski definition) is 1. The molecule has 0 spiro atoms. The molecule has 1 aromatic carbocycles. The largest absolute Gasteiger partial charge is 0.340 e. The van der Waals surface area contributed by atoms with Crippen molar-refractivity contribution in [2.75, 3.05) is 6.54 Å². The number of rotatable bonds is 2. The topological polar surface area (TPSA) is 20.3 Å². The summed E-state index contributed by atoms with van der Waals surface area (Å²) in [6, 6.07) is 6.79. The highest BCUT2D eigenvalue weighted by Gasteiger charge is 2.27. The summed E-state index contributed by atoms with van der Waals surface area (Å²) in [6.07, 6.45) is 1.51. The number of benzene rings is 1. The van der Waals surface area contributed by atoms with Gasteiger partial charge in [-0.2, -0.15) is 0 Å². The van der Waals surface area contributed by atoms with Gasteiger partial charge in [0.25, 0.3) is 0 Å². The zero-order valence-electron chi connectivity index (χ0n) is 10.3. The number of nitrogens with zero attached hydrogens (tertiary/aromatic N) is 1. The van der Waals surface area contributed by atoms with Crippen molar-refractivity contribution in [2.45, 2.75) is 38.6 Å². The first-order valence-corrected chi connectivity index (χ1v) is 6.13. The van der Waals surface area contributed by atoms with Gasteiger partial charge in [-0.1, -0.05) is 12.1 Å². The van der Waals surface area contributed by atoms with Gasteiger partial charge in [-0.3, -0.25) is 4.79 Å². The van der Waals surface area contributed by atoms with Gasteiger partial charge in [0, 0.05) is 19.0 Å². The minimum atomic E-state index is -0.223. The van der Waals surface area contributed by atoms with Crippen LogP contribution in [0.5, 0.6) is 0 Å². The number of halogens is 1. The number of likely N-dealkylation sites (tertiary alicyclic amines) is 1. The van der Waals surface area contributed by atoms with E-state index in [-0.39, 0.29) is 23.7 Å². The van der Waals surface area contributed by atoms with Crippen LogP contribution in [0, 0.1) is 5.82 Å². The van der Waals surface area contributed by atoms with E-state index < -0.39 is 0 Å².